The van der Waals surface area contributed by atoms with Crippen molar-refractivity contribution in [3.05, 3.63) is 29.8 Å². The maximum absolute atomic E-state index is 11.8. The first kappa shape index (κ1) is 18.1. The van der Waals surface area contributed by atoms with E-state index in [1.807, 2.05) is 32.0 Å². The molecule has 0 bridgehead atoms. The van der Waals surface area contributed by atoms with E-state index in [1.54, 1.807) is 19.0 Å². The van der Waals surface area contributed by atoms with Crippen LogP contribution in [0.2, 0.25) is 0 Å². The number of fused-ring (bicyclic) bond motifs is 1. The smallest absolute Gasteiger partial charge is 0.243 e. The Morgan fingerprint density at radius 1 is 1.29 bits per heavy atom. The van der Waals surface area contributed by atoms with Crippen molar-refractivity contribution in [2.24, 2.45) is 4.99 Å². The van der Waals surface area contributed by atoms with E-state index in [4.69, 9.17) is 4.74 Å². The highest BCUT2D eigenvalue weighted by Gasteiger charge is 2.29. The van der Waals surface area contributed by atoms with Gasteiger partial charge in [-0.2, -0.15) is 0 Å². The van der Waals surface area contributed by atoms with E-state index in [0.717, 1.165) is 5.75 Å². The molecule has 0 spiro atoms. The van der Waals surface area contributed by atoms with Gasteiger partial charge in [0.1, 0.15) is 12.3 Å². The lowest BCUT2D eigenvalue weighted by Crippen LogP contribution is -2.47. The molecule has 6 nitrogen and oxygen atoms in total. The van der Waals surface area contributed by atoms with Crippen LogP contribution in [0, 0.1) is 0 Å². The van der Waals surface area contributed by atoms with Gasteiger partial charge >= 0.3 is 0 Å². The Hall–Kier alpha value is -2.24. The van der Waals surface area contributed by atoms with Crippen LogP contribution in [0.15, 0.2) is 29.3 Å². The lowest BCUT2D eigenvalue weighted by molar-refractivity contribution is -0.127. The number of hydrogen-bond acceptors (Lipinski definition) is 3. The highest BCUT2D eigenvalue weighted by Crippen LogP contribution is 2.35. The van der Waals surface area contributed by atoms with Gasteiger partial charge in [-0.25, -0.2) is 4.99 Å². The number of guanidine groups is 1. The Kier molecular flexibility index (Phi) is 6.06. The Bertz CT molecular complexity index is 598. The molecule has 24 heavy (non-hydrogen) atoms. The van der Waals surface area contributed by atoms with Crippen LogP contribution in [0.1, 0.15) is 32.3 Å². The SMILES string of the molecule is CC(C)NC(=NCC(=O)N(C)C)NC(C)C1COc2ccccc21. The van der Waals surface area contributed by atoms with E-state index in [9.17, 15) is 4.79 Å². The van der Waals surface area contributed by atoms with Crippen molar-refractivity contribution in [2.75, 3.05) is 27.2 Å². The average Bonchev–Trinajstić information content (AvgIpc) is 2.95. The molecule has 2 atom stereocenters. The van der Waals surface area contributed by atoms with Gasteiger partial charge < -0.3 is 20.3 Å². The molecule has 2 N–H and O–H groups in total. The van der Waals surface area contributed by atoms with E-state index >= 15 is 0 Å². The summed E-state index contributed by atoms with van der Waals surface area (Å²) in [6.07, 6.45) is 0. The van der Waals surface area contributed by atoms with Gasteiger partial charge in [0.15, 0.2) is 5.96 Å². The van der Waals surface area contributed by atoms with Gasteiger partial charge in [-0.3, -0.25) is 4.79 Å². The second-order valence-corrected chi connectivity index (χ2v) is 6.64. The van der Waals surface area contributed by atoms with E-state index in [2.05, 4.69) is 28.6 Å². The summed E-state index contributed by atoms with van der Waals surface area (Å²) < 4.78 is 5.76. The van der Waals surface area contributed by atoms with Gasteiger partial charge in [0.2, 0.25) is 5.91 Å². The molecular weight excluding hydrogens is 304 g/mol. The van der Waals surface area contributed by atoms with Crippen molar-refractivity contribution >= 4 is 11.9 Å². The second kappa shape index (κ2) is 8.04. The lowest BCUT2D eigenvalue weighted by Gasteiger charge is -2.24. The number of rotatable bonds is 5. The standard InChI is InChI=1S/C18H28N4O2/c1-12(2)20-18(19-10-17(23)22(4)5)21-13(3)15-11-24-16-9-7-6-8-14(15)16/h6-9,12-13,15H,10-11H2,1-5H3,(H2,19,20,21). The van der Waals surface area contributed by atoms with E-state index in [0.29, 0.717) is 12.6 Å². The average molecular weight is 332 g/mol. The molecule has 0 aromatic heterocycles. The van der Waals surface area contributed by atoms with Gasteiger partial charge in [-0.15, -0.1) is 0 Å². The molecule has 132 valence electrons. The predicted molar refractivity (Wildman–Crippen MR) is 96.5 cm³/mol. The van der Waals surface area contributed by atoms with E-state index in [-0.39, 0.29) is 30.5 Å². The zero-order valence-electron chi connectivity index (χ0n) is 15.2. The number of para-hydroxylation sites is 1. The fraction of sp³-hybridized carbons (Fsp3) is 0.556. The van der Waals surface area contributed by atoms with Gasteiger partial charge in [0, 0.05) is 37.7 Å². The number of carbonyl (C=O) groups excluding carboxylic acids is 1. The first-order valence-electron chi connectivity index (χ1n) is 8.38. The summed E-state index contributed by atoms with van der Waals surface area (Å²) in [5.41, 5.74) is 1.21. The van der Waals surface area contributed by atoms with Crippen LogP contribution >= 0.6 is 0 Å². The summed E-state index contributed by atoms with van der Waals surface area (Å²) in [6, 6.07) is 8.48. The summed E-state index contributed by atoms with van der Waals surface area (Å²) in [6.45, 7) is 6.98. The molecule has 2 rings (SSSR count). The van der Waals surface area contributed by atoms with Crippen molar-refractivity contribution in [3.63, 3.8) is 0 Å². The number of likely N-dealkylation sites (N-methyl/N-ethyl adjacent to an activating group) is 1. The monoisotopic (exact) mass is 332 g/mol. The number of benzene rings is 1. The molecule has 1 heterocycles. The Morgan fingerprint density at radius 3 is 2.67 bits per heavy atom. The minimum atomic E-state index is -0.0259. The zero-order chi connectivity index (χ0) is 17.7. The molecule has 2 unspecified atom stereocenters. The maximum Gasteiger partial charge on any atom is 0.243 e. The van der Waals surface area contributed by atoms with Crippen LogP contribution in [0.4, 0.5) is 0 Å². The van der Waals surface area contributed by atoms with Gasteiger partial charge in [-0.05, 0) is 26.8 Å². The highest BCUT2D eigenvalue weighted by atomic mass is 16.5. The number of aliphatic imine (C=N–C) groups is 1. The number of nitrogens with one attached hydrogen (secondary N) is 2. The van der Waals surface area contributed by atoms with E-state index < -0.39 is 0 Å². The molecule has 6 heteroatoms. The summed E-state index contributed by atoms with van der Waals surface area (Å²) >= 11 is 0. The van der Waals surface area contributed by atoms with Crippen molar-refractivity contribution in [1.29, 1.82) is 0 Å². The van der Waals surface area contributed by atoms with Crippen molar-refractivity contribution in [2.45, 2.75) is 38.8 Å². The molecule has 0 radical (unpaired) electrons. The number of hydrogen-bond donors (Lipinski definition) is 2. The molecule has 1 aromatic carbocycles. The van der Waals surface area contributed by atoms with Crippen LogP contribution in [0.25, 0.3) is 0 Å². The first-order chi connectivity index (χ1) is 11.4. The molecule has 1 amide bonds. The molecule has 1 aliphatic rings. The fourth-order valence-corrected chi connectivity index (χ4v) is 2.61. The third kappa shape index (κ3) is 4.63. The Labute approximate surface area is 144 Å². The number of carbonyl (C=O) groups is 1. The summed E-state index contributed by atoms with van der Waals surface area (Å²) in [5.74, 6) is 1.83. The third-order valence-corrected chi connectivity index (χ3v) is 4.00. The van der Waals surface area contributed by atoms with Crippen LogP contribution in [0.3, 0.4) is 0 Å². The normalized spacial score (nSPS) is 17.9. The molecule has 1 aromatic rings. The van der Waals surface area contributed by atoms with Crippen LogP contribution in [-0.2, 0) is 4.79 Å². The zero-order valence-corrected chi connectivity index (χ0v) is 15.2. The minimum absolute atomic E-state index is 0.0259. The molecule has 0 fully saturated rings. The minimum Gasteiger partial charge on any atom is -0.493 e. The Morgan fingerprint density at radius 2 is 2.00 bits per heavy atom. The van der Waals surface area contributed by atoms with Crippen molar-refractivity contribution < 1.29 is 9.53 Å². The summed E-state index contributed by atoms with van der Waals surface area (Å²) in [7, 11) is 3.46. The molecule has 0 saturated heterocycles. The van der Waals surface area contributed by atoms with Crippen LogP contribution in [-0.4, -0.2) is 56.1 Å². The topological polar surface area (TPSA) is 66.0 Å². The molecule has 0 aliphatic carbocycles. The predicted octanol–water partition coefficient (Wildman–Crippen LogP) is 1.58. The van der Waals surface area contributed by atoms with Crippen LogP contribution < -0.4 is 15.4 Å². The number of ether oxygens (including phenoxy) is 1. The molecule has 1 aliphatic heterocycles. The summed E-state index contributed by atoms with van der Waals surface area (Å²) in [5, 5.41) is 6.69. The summed E-state index contributed by atoms with van der Waals surface area (Å²) in [4.78, 5) is 17.7. The largest absolute Gasteiger partial charge is 0.493 e. The number of nitrogens with zero attached hydrogens (tertiary/aromatic N) is 2. The van der Waals surface area contributed by atoms with E-state index in [1.165, 1.54) is 5.56 Å². The van der Waals surface area contributed by atoms with Crippen molar-refractivity contribution in [1.82, 2.24) is 15.5 Å². The molecule has 0 saturated carbocycles. The fourth-order valence-electron chi connectivity index (χ4n) is 2.61. The quantitative estimate of drug-likeness (QED) is 0.635. The lowest BCUT2D eigenvalue weighted by atomic mass is 9.94. The highest BCUT2D eigenvalue weighted by molar-refractivity contribution is 5.85. The number of amides is 1. The molecular formula is C18H28N4O2. The van der Waals surface area contributed by atoms with Crippen LogP contribution in [0.5, 0.6) is 5.75 Å². The first-order valence-corrected chi connectivity index (χ1v) is 8.38. The van der Waals surface area contributed by atoms with Crippen molar-refractivity contribution in [3.8, 4) is 5.75 Å². The maximum atomic E-state index is 11.8. The third-order valence-electron chi connectivity index (χ3n) is 4.00. The Balaban J connectivity index is 2.06. The van der Waals surface area contributed by atoms with Gasteiger partial charge in [-0.1, -0.05) is 18.2 Å². The van der Waals surface area contributed by atoms with Gasteiger partial charge in [0.05, 0.1) is 6.61 Å². The second-order valence-electron chi connectivity index (χ2n) is 6.64. The van der Waals surface area contributed by atoms with Gasteiger partial charge in [0.25, 0.3) is 0 Å².